The Morgan fingerprint density at radius 2 is 2.08 bits per heavy atom. The van der Waals surface area contributed by atoms with Crippen LogP contribution in [0.25, 0.3) is 0 Å². The Balaban J connectivity index is 2.39. The standard InChI is InChI=1S/C10H14Br2S/c1-7(2)9(11)4-3-8-5-13-6-10(8)12/h5-7,9H,3-4H2,1-2H3. The summed E-state index contributed by atoms with van der Waals surface area (Å²) in [7, 11) is 0. The predicted octanol–water partition coefficient (Wildman–Crippen LogP) is 4.86. The molecule has 0 fully saturated rings. The molecule has 1 aromatic heterocycles. The van der Waals surface area contributed by atoms with Gasteiger partial charge in [0.25, 0.3) is 0 Å². The molecule has 0 aliphatic rings. The second kappa shape index (κ2) is 5.52. The summed E-state index contributed by atoms with van der Waals surface area (Å²) < 4.78 is 1.26. The minimum absolute atomic E-state index is 0.638. The van der Waals surface area contributed by atoms with Gasteiger partial charge in [-0.3, -0.25) is 0 Å². The minimum atomic E-state index is 0.638. The Morgan fingerprint density at radius 3 is 2.54 bits per heavy atom. The van der Waals surface area contributed by atoms with Crippen molar-refractivity contribution < 1.29 is 0 Å². The summed E-state index contributed by atoms with van der Waals surface area (Å²) >= 11 is 9.01. The van der Waals surface area contributed by atoms with Crippen LogP contribution in [0, 0.1) is 5.92 Å². The maximum Gasteiger partial charge on any atom is 0.0314 e. The lowest BCUT2D eigenvalue weighted by Crippen LogP contribution is -2.07. The molecule has 3 heteroatoms. The maximum absolute atomic E-state index is 3.70. The van der Waals surface area contributed by atoms with Gasteiger partial charge in [0.2, 0.25) is 0 Å². The lowest BCUT2D eigenvalue weighted by Gasteiger charge is -2.12. The van der Waals surface area contributed by atoms with Crippen LogP contribution < -0.4 is 0 Å². The summed E-state index contributed by atoms with van der Waals surface area (Å²) in [6, 6.07) is 0. The zero-order valence-corrected chi connectivity index (χ0v) is 11.9. The molecular formula is C10H14Br2S. The Hall–Kier alpha value is 0.660. The SMILES string of the molecule is CC(C)C(Br)CCc1cscc1Br. The van der Waals surface area contributed by atoms with E-state index in [1.54, 1.807) is 11.3 Å². The fraction of sp³-hybridized carbons (Fsp3) is 0.600. The molecule has 0 aliphatic heterocycles. The summed E-state index contributed by atoms with van der Waals surface area (Å²) in [4.78, 5) is 0.638. The summed E-state index contributed by atoms with van der Waals surface area (Å²) in [6.45, 7) is 4.50. The maximum atomic E-state index is 3.70. The highest BCUT2D eigenvalue weighted by atomic mass is 79.9. The summed E-state index contributed by atoms with van der Waals surface area (Å²) in [5, 5.41) is 4.37. The number of hydrogen-bond donors (Lipinski definition) is 0. The molecule has 13 heavy (non-hydrogen) atoms. The van der Waals surface area contributed by atoms with Crippen LogP contribution in [0.15, 0.2) is 15.2 Å². The number of alkyl halides is 1. The van der Waals surface area contributed by atoms with Crippen molar-refractivity contribution in [1.82, 2.24) is 0 Å². The second-order valence-corrected chi connectivity index (χ2v) is 6.32. The van der Waals surface area contributed by atoms with Crippen molar-refractivity contribution in [3.8, 4) is 0 Å². The first-order valence-electron chi connectivity index (χ1n) is 4.46. The Bertz CT molecular complexity index is 255. The van der Waals surface area contributed by atoms with Crippen LogP contribution >= 0.6 is 43.2 Å². The lowest BCUT2D eigenvalue weighted by molar-refractivity contribution is 0.582. The number of hydrogen-bond acceptors (Lipinski definition) is 1. The van der Waals surface area contributed by atoms with Gasteiger partial charge in [0.15, 0.2) is 0 Å². The Labute approximate surface area is 101 Å². The molecule has 74 valence electrons. The normalized spacial score (nSPS) is 13.6. The fourth-order valence-electron chi connectivity index (χ4n) is 1.11. The average Bonchev–Trinajstić information content (AvgIpc) is 2.47. The van der Waals surface area contributed by atoms with Crippen LogP contribution in [0.3, 0.4) is 0 Å². The largest absolute Gasteiger partial charge is 0.151 e. The van der Waals surface area contributed by atoms with Crippen LogP contribution in [0.5, 0.6) is 0 Å². The molecule has 0 spiro atoms. The van der Waals surface area contributed by atoms with Gasteiger partial charge in [0, 0.05) is 14.7 Å². The van der Waals surface area contributed by atoms with Crippen molar-refractivity contribution in [2.24, 2.45) is 5.92 Å². The first-order valence-corrected chi connectivity index (χ1v) is 7.11. The predicted molar refractivity (Wildman–Crippen MR) is 67.9 cm³/mol. The van der Waals surface area contributed by atoms with Gasteiger partial charge in [0.05, 0.1) is 0 Å². The van der Waals surface area contributed by atoms with Gasteiger partial charge in [0.1, 0.15) is 0 Å². The van der Waals surface area contributed by atoms with Crippen LogP contribution in [-0.4, -0.2) is 4.83 Å². The van der Waals surface area contributed by atoms with Gasteiger partial charge >= 0.3 is 0 Å². The van der Waals surface area contributed by atoms with Crippen LogP contribution in [0.1, 0.15) is 25.8 Å². The highest BCUT2D eigenvalue weighted by molar-refractivity contribution is 9.10. The molecule has 0 saturated heterocycles. The molecule has 0 bridgehead atoms. The summed E-state index contributed by atoms with van der Waals surface area (Å²) in [5.74, 6) is 0.720. The number of thiophene rings is 1. The van der Waals surface area contributed by atoms with Crippen molar-refractivity contribution in [2.75, 3.05) is 0 Å². The fourth-order valence-corrected chi connectivity index (χ4v) is 2.88. The number of halogens is 2. The highest BCUT2D eigenvalue weighted by Crippen LogP contribution is 2.25. The Kier molecular flexibility index (Phi) is 4.98. The quantitative estimate of drug-likeness (QED) is 0.693. The third kappa shape index (κ3) is 3.72. The van der Waals surface area contributed by atoms with Gasteiger partial charge in [-0.05, 0) is 45.6 Å². The van der Waals surface area contributed by atoms with Crippen molar-refractivity contribution >= 4 is 43.2 Å². The smallest absolute Gasteiger partial charge is 0.0314 e. The minimum Gasteiger partial charge on any atom is -0.151 e. The van der Waals surface area contributed by atoms with Gasteiger partial charge in [-0.15, -0.1) is 0 Å². The van der Waals surface area contributed by atoms with Crippen molar-refractivity contribution in [3.05, 3.63) is 20.8 Å². The van der Waals surface area contributed by atoms with Crippen LogP contribution in [-0.2, 0) is 6.42 Å². The van der Waals surface area contributed by atoms with E-state index in [9.17, 15) is 0 Å². The van der Waals surface area contributed by atoms with E-state index in [-0.39, 0.29) is 0 Å². The van der Waals surface area contributed by atoms with Gasteiger partial charge < -0.3 is 0 Å². The van der Waals surface area contributed by atoms with Crippen LogP contribution in [0.2, 0.25) is 0 Å². The first kappa shape index (κ1) is 11.7. The number of aryl methyl sites for hydroxylation is 1. The highest BCUT2D eigenvalue weighted by Gasteiger charge is 2.10. The first-order chi connectivity index (χ1) is 6.11. The molecule has 0 radical (unpaired) electrons. The molecule has 0 N–H and O–H groups in total. The van der Waals surface area contributed by atoms with Crippen molar-refractivity contribution in [3.63, 3.8) is 0 Å². The second-order valence-electron chi connectivity index (χ2n) is 3.54. The van der Waals surface area contributed by atoms with Crippen molar-refractivity contribution in [2.45, 2.75) is 31.5 Å². The molecular weight excluding hydrogens is 312 g/mol. The van der Waals surface area contributed by atoms with Gasteiger partial charge in [-0.2, -0.15) is 11.3 Å². The van der Waals surface area contributed by atoms with Crippen LogP contribution in [0.4, 0.5) is 0 Å². The molecule has 1 rings (SSSR count). The summed E-state index contributed by atoms with van der Waals surface area (Å²) in [6.07, 6.45) is 2.38. The van der Waals surface area contributed by atoms with Gasteiger partial charge in [-0.1, -0.05) is 29.8 Å². The number of rotatable bonds is 4. The van der Waals surface area contributed by atoms with Crippen molar-refractivity contribution in [1.29, 1.82) is 0 Å². The van der Waals surface area contributed by atoms with E-state index < -0.39 is 0 Å². The molecule has 1 heterocycles. The molecule has 0 aliphatic carbocycles. The molecule has 0 nitrogen and oxygen atoms in total. The topological polar surface area (TPSA) is 0 Å². The third-order valence-corrected chi connectivity index (χ3v) is 5.45. The third-order valence-electron chi connectivity index (χ3n) is 2.10. The van der Waals surface area contributed by atoms with E-state index in [1.165, 1.54) is 16.5 Å². The molecule has 1 unspecified atom stereocenters. The van der Waals surface area contributed by atoms with E-state index in [4.69, 9.17) is 0 Å². The van der Waals surface area contributed by atoms with E-state index in [2.05, 4.69) is 56.5 Å². The summed E-state index contributed by atoms with van der Waals surface area (Å²) in [5.41, 5.74) is 1.44. The lowest BCUT2D eigenvalue weighted by atomic mass is 10.0. The van der Waals surface area contributed by atoms with E-state index in [0.717, 1.165) is 12.3 Å². The molecule has 0 saturated carbocycles. The molecule has 1 atom stereocenters. The van der Waals surface area contributed by atoms with E-state index in [0.29, 0.717) is 4.83 Å². The molecule has 1 aromatic rings. The molecule has 0 aromatic carbocycles. The average molecular weight is 326 g/mol. The zero-order chi connectivity index (χ0) is 9.84. The molecule has 0 amide bonds. The monoisotopic (exact) mass is 324 g/mol. The Morgan fingerprint density at radius 1 is 1.38 bits per heavy atom. The van der Waals surface area contributed by atoms with E-state index >= 15 is 0 Å². The zero-order valence-electron chi connectivity index (χ0n) is 7.89. The van der Waals surface area contributed by atoms with Gasteiger partial charge in [-0.25, -0.2) is 0 Å². The van der Waals surface area contributed by atoms with E-state index in [1.807, 2.05) is 0 Å².